The van der Waals surface area contributed by atoms with Crippen LogP contribution in [0.15, 0.2) is 41.4 Å². The molecule has 2 aromatic carbocycles. The number of methoxy groups -OCH3 is 3. The maximum Gasteiger partial charge on any atom is 0.203 e. The van der Waals surface area contributed by atoms with Gasteiger partial charge < -0.3 is 29.6 Å². The fourth-order valence-corrected chi connectivity index (χ4v) is 2.73. The number of nitrogens with zero attached hydrogens (tertiary/aromatic N) is 1. The van der Waals surface area contributed by atoms with Crippen molar-refractivity contribution in [1.29, 1.82) is 0 Å². The largest absolute Gasteiger partial charge is 0.493 e. The van der Waals surface area contributed by atoms with E-state index in [0.29, 0.717) is 42.0 Å². The molecule has 0 fully saturated rings. The van der Waals surface area contributed by atoms with Gasteiger partial charge in [0.05, 0.1) is 27.9 Å². The first-order valence-electron chi connectivity index (χ1n) is 9.17. The van der Waals surface area contributed by atoms with Crippen LogP contribution in [-0.4, -0.2) is 47.0 Å². The van der Waals surface area contributed by atoms with Crippen LogP contribution in [0.5, 0.6) is 23.0 Å². The van der Waals surface area contributed by atoms with Crippen molar-refractivity contribution < 1.29 is 23.3 Å². The highest BCUT2D eigenvalue weighted by Crippen LogP contribution is 2.39. The molecule has 0 aliphatic rings. The molecule has 0 aromatic heterocycles. The molecule has 158 valence electrons. The summed E-state index contributed by atoms with van der Waals surface area (Å²) in [5, 5.41) is 6.44. The molecular formula is C21H28FN3O4. The van der Waals surface area contributed by atoms with Crippen LogP contribution in [0.4, 0.5) is 4.39 Å². The van der Waals surface area contributed by atoms with E-state index >= 15 is 0 Å². The Morgan fingerprint density at radius 1 is 0.966 bits per heavy atom. The summed E-state index contributed by atoms with van der Waals surface area (Å²) in [6.07, 6.45) is -0.144. The van der Waals surface area contributed by atoms with Crippen LogP contribution in [0, 0.1) is 5.82 Å². The standard InChI is InChI=1S/C21H28FN3O4/c1-14(29-17-9-7-16(22)8-10-17)12-24-21(23-2)25-13-15-6-11-18(26-3)20(28-5)19(15)27-4/h6-11,14H,12-13H2,1-5H3,(H2,23,24,25). The van der Waals surface area contributed by atoms with Gasteiger partial charge in [0.2, 0.25) is 5.75 Å². The van der Waals surface area contributed by atoms with Gasteiger partial charge in [0, 0.05) is 19.2 Å². The lowest BCUT2D eigenvalue weighted by Gasteiger charge is -2.19. The molecule has 0 bridgehead atoms. The molecule has 0 spiro atoms. The van der Waals surface area contributed by atoms with Crippen molar-refractivity contribution in [3.05, 3.63) is 47.8 Å². The van der Waals surface area contributed by atoms with Gasteiger partial charge in [-0.05, 0) is 43.3 Å². The molecule has 29 heavy (non-hydrogen) atoms. The lowest BCUT2D eigenvalue weighted by molar-refractivity contribution is 0.223. The quantitative estimate of drug-likeness (QED) is 0.494. The van der Waals surface area contributed by atoms with Gasteiger partial charge in [0.25, 0.3) is 0 Å². The SMILES string of the molecule is CN=C(NCc1ccc(OC)c(OC)c1OC)NCC(C)Oc1ccc(F)cc1. The van der Waals surface area contributed by atoms with Crippen LogP contribution in [-0.2, 0) is 6.54 Å². The average molecular weight is 405 g/mol. The van der Waals surface area contributed by atoms with Gasteiger partial charge in [0.15, 0.2) is 17.5 Å². The smallest absolute Gasteiger partial charge is 0.203 e. The van der Waals surface area contributed by atoms with Crippen molar-refractivity contribution in [3.8, 4) is 23.0 Å². The van der Waals surface area contributed by atoms with E-state index in [9.17, 15) is 4.39 Å². The summed E-state index contributed by atoms with van der Waals surface area (Å²) in [6.45, 7) is 2.90. The molecule has 8 heteroatoms. The van der Waals surface area contributed by atoms with Crippen LogP contribution >= 0.6 is 0 Å². The van der Waals surface area contributed by atoms with Crippen molar-refractivity contribution in [2.24, 2.45) is 4.99 Å². The number of ether oxygens (including phenoxy) is 4. The predicted molar refractivity (Wildman–Crippen MR) is 111 cm³/mol. The van der Waals surface area contributed by atoms with Crippen LogP contribution < -0.4 is 29.6 Å². The van der Waals surface area contributed by atoms with Gasteiger partial charge >= 0.3 is 0 Å². The molecule has 0 saturated heterocycles. The number of rotatable bonds is 9. The summed E-state index contributed by atoms with van der Waals surface area (Å²) in [5.41, 5.74) is 0.892. The number of benzene rings is 2. The van der Waals surface area contributed by atoms with Crippen molar-refractivity contribution in [2.75, 3.05) is 34.9 Å². The van der Waals surface area contributed by atoms with Gasteiger partial charge in [-0.15, -0.1) is 0 Å². The zero-order valence-electron chi connectivity index (χ0n) is 17.4. The van der Waals surface area contributed by atoms with Crippen LogP contribution in [0.1, 0.15) is 12.5 Å². The maximum atomic E-state index is 13.0. The lowest BCUT2D eigenvalue weighted by Crippen LogP contribution is -2.41. The fourth-order valence-electron chi connectivity index (χ4n) is 2.73. The summed E-state index contributed by atoms with van der Waals surface area (Å²) in [5.74, 6) is 2.66. The minimum atomic E-state index is -0.293. The first-order chi connectivity index (χ1) is 14.0. The molecule has 2 N–H and O–H groups in total. The zero-order chi connectivity index (χ0) is 21.2. The molecule has 0 heterocycles. The van der Waals surface area contributed by atoms with E-state index in [4.69, 9.17) is 18.9 Å². The minimum Gasteiger partial charge on any atom is -0.493 e. The summed E-state index contributed by atoms with van der Waals surface area (Å²) in [4.78, 5) is 4.22. The van der Waals surface area contributed by atoms with Crippen molar-refractivity contribution in [2.45, 2.75) is 19.6 Å². The zero-order valence-corrected chi connectivity index (χ0v) is 17.4. The Bertz CT molecular complexity index is 812. The highest BCUT2D eigenvalue weighted by Gasteiger charge is 2.16. The summed E-state index contributed by atoms with van der Waals surface area (Å²) < 4.78 is 34.9. The number of hydrogen-bond donors (Lipinski definition) is 2. The number of guanidine groups is 1. The lowest BCUT2D eigenvalue weighted by atomic mass is 10.1. The van der Waals surface area contributed by atoms with Crippen LogP contribution in [0.25, 0.3) is 0 Å². The van der Waals surface area contributed by atoms with Gasteiger partial charge in [0.1, 0.15) is 17.7 Å². The molecule has 1 atom stereocenters. The predicted octanol–water partition coefficient (Wildman–Crippen LogP) is 2.98. The molecule has 1 unspecified atom stereocenters. The summed E-state index contributed by atoms with van der Waals surface area (Å²) in [7, 11) is 6.42. The highest BCUT2D eigenvalue weighted by atomic mass is 19.1. The third-order valence-corrected chi connectivity index (χ3v) is 4.16. The molecule has 0 saturated carbocycles. The Labute approximate surface area is 170 Å². The molecule has 0 radical (unpaired) electrons. The second kappa shape index (κ2) is 11.0. The molecule has 2 rings (SSSR count). The first-order valence-corrected chi connectivity index (χ1v) is 9.17. The van der Waals surface area contributed by atoms with E-state index < -0.39 is 0 Å². The van der Waals surface area contributed by atoms with Gasteiger partial charge in [-0.3, -0.25) is 4.99 Å². The number of nitrogens with one attached hydrogen (secondary N) is 2. The second-order valence-corrected chi connectivity index (χ2v) is 6.18. The van der Waals surface area contributed by atoms with Crippen molar-refractivity contribution in [3.63, 3.8) is 0 Å². The molecule has 0 amide bonds. The van der Waals surface area contributed by atoms with Gasteiger partial charge in [-0.25, -0.2) is 4.39 Å². The van der Waals surface area contributed by atoms with E-state index in [-0.39, 0.29) is 11.9 Å². The molecule has 0 aliphatic carbocycles. The second-order valence-electron chi connectivity index (χ2n) is 6.18. The Morgan fingerprint density at radius 3 is 2.24 bits per heavy atom. The summed E-state index contributed by atoms with van der Waals surface area (Å²) >= 11 is 0. The Morgan fingerprint density at radius 2 is 1.66 bits per heavy atom. The first kappa shape index (κ1) is 22.1. The monoisotopic (exact) mass is 405 g/mol. The van der Waals surface area contributed by atoms with Gasteiger partial charge in [-0.1, -0.05) is 0 Å². The Balaban J connectivity index is 1.93. The normalized spacial score (nSPS) is 12.1. The summed E-state index contributed by atoms with van der Waals surface area (Å²) in [6, 6.07) is 9.66. The average Bonchev–Trinajstić information content (AvgIpc) is 2.74. The third kappa shape index (κ3) is 6.17. The highest BCUT2D eigenvalue weighted by molar-refractivity contribution is 5.79. The molecule has 0 aliphatic heterocycles. The van der Waals surface area contributed by atoms with Crippen LogP contribution in [0.2, 0.25) is 0 Å². The molecule has 7 nitrogen and oxygen atoms in total. The third-order valence-electron chi connectivity index (χ3n) is 4.16. The Kier molecular flexibility index (Phi) is 8.39. The minimum absolute atomic E-state index is 0.144. The number of hydrogen-bond acceptors (Lipinski definition) is 5. The van der Waals surface area contributed by atoms with E-state index in [1.54, 1.807) is 40.5 Å². The number of halogens is 1. The van der Waals surface area contributed by atoms with E-state index in [1.165, 1.54) is 12.1 Å². The van der Waals surface area contributed by atoms with E-state index in [1.807, 2.05) is 19.1 Å². The van der Waals surface area contributed by atoms with Crippen molar-refractivity contribution >= 4 is 5.96 Å². The Hall–Kier alpha value is -3.16. The molecular weight excluding hydrogens is 377 g/mol. The number of aliphatic imine (C=N–C) groups is 1. The topological polar surface area (TPSA) is 73.3 Å². The maximum absolute atomic E-state index is 13.0. The van der Waals surface area contributed by atoms with E-state index in [0.717, 1.165) is 5.56 Å². The molecule has 2 aromatic rings. The van der Waals surface area contributed by atoms with E-state index in [2.05, 4.69) is 15.6 Å². The van der Waals surface area contributed by atoms with Crippen LogP contribution in [0.3, 0.4) is 0 Å². The van der Waals surface area contributed by atoms with Gasteiger partial charge in [-0.2, -0.15) is 0 Å². The van der Waals surface area contributed by atoms with Crippen molar-refractivity contribution in [1.82, 2.24) is 10.6 Å². The fraction of sp³-hybridized carbons (Fsp3) is 0.381.